The zero-order valence-electron chi connectivity index (χ0n) is 22.2. The lowest BCUT2D eigenvalue weighted by molar-refractivity contribution is -0.133. The lowest BCUT2D eigenvalue weighted by atomic mass is 9.88. The fourth-order valence-corrected chi connectivity index (χ4v) is 4.92. The number of aliphatic hydroxyl groups is 3. The Morgan fingerprint density at radius 2 is 2.03 bits per heavy atom. The summed E-state index contributed by atoms with van der Waals surface area (Å²) in [6, 6.07) is 2.63. The van der Waals surface area contributed by atoms with E-state index >= 15 is 0 Å². The van der Waals surface area contributed by atoms with Gasteiger partial charge in [-0.05, 0) is 72.2 Å². The van der Waals surface area contributed by atoms with Gasteiger partial charge in [-0.2, -0.15) is 0 Å². The van der Waals surface area contributed by atoms with E-state index in [4.69, 9.17) is 19.3 Å². The second kappa shape index (κ2) is 16.7. The van der Waals surface area contributed by atoms with Crippen LogP contribution >= 0.6 is 22.6 Å². The van der Waals surface area contributed by atoms with E-state index in [0.29, 0.717) is 58.8 Å². The molecule has 0 saturated heterocycles. The number of benzene rings is 1. The van der Waals surface area contributed by atoms with E-state index in [0.717, 1.165) is 0 Å². The van der Waals surface area contributed by atoms with Crippen LogP contribution in [0.2, 0.25) is 0 Å². The zero-order chi connectivity index (χ0) is 28.1. The second-order valence-electron chi connectivity index (χ2n) is 8.68. The van der Waals surface area contributed by atoms with Crippen molar-refractivity contribution < 1.29 is 39.1 Å². The molecule has 0 bridgehead atoms. The molecule has 0 spiro atoms. The van der Waals surface area contributed by atoms with E-state index in [1.165, 1.54) is 13.2 Å². The van der Waals surface area contributed by atoms with Gasteiger partial charge in [-0.1, -0.05) is 13.0 Å². The van der Waals surface area contributed by atoms with Crippen molar-refractivity contribution in [2.45, 2.75) is 58.0 Å². The maximum absolute atomic E-state index is 13.2. The number of amides is 2. The summed E-state index contributed by atoms with van der Waals surface area (Å²) >= 11 is 2.06. The maximum atomic E-state index is 13.2. The number of methoxy groups -OCH3 is 1. The predicted molar refractivity (Wildman–Crippen MR) is 151 cm³/mol. The van der Waals surface area contributed by atoms with Crippen LogP contribution in [0.3, 0.4) is 0 Å². The number of rotatable bonds is 15. The van der Waals surface area contributed by atoms with Crippen molar-refractivity contribution in [2.75, 3.05) is 40.0 Å². The topological polar surface area (TPSA) is 138 Å². The van der Waals surface area contributed by atoms with E-state index in [9.17, 15) is 19.8 Å². The molecule has 0 radical (unpaired) electrons. The van der Waals surface area contributed by atoms with Crippen molar-refractivity contribution in [3.8, 4) is 11.5 Å². The summed E-state index contributed by atoms with van der Waals surface area (Å²) in [4.78, 5) is 27.7. The molecule has 4 N–H and O–H groups in total. The first-order valence-corrected chi connectivity index (χ1v) is 13.9. The van der Waals surface area contributed by atoms with Gasteiger partial charge in [-0.25, -0.2) is 0 Å². The van der Waals surface area contributed by atoms with Crippen molar-refractivity contribution in [1.29, 1.82) is 0 Å². The van der Waals surface area contributed by atoms with Crippen LogP contribution in [0.5, 0.6) is 11.5 Å². The molecule has 0 saturated carbocycles. The molecule has 1 aromatic carbocycles. The summed E-state index contributed by atoms with van der Waals surface area (Å²) in [5.41, 5.74) is 0.968. The number of ether oxygens (including phenoxy) is 3. The molecule has 1 aromatic rings. The summed E-state index contributed by atoms with van der Waals surface area (Å²) in [5.74, 6) is 0.0298. The average Bonchev–Trinajstić information content (AvgIpc) is 2.92. The molecule has 2 rings (SSSR count). The Hall–Kier alpha value is -2.19. The first-order valence-electron chi connectivity index (χ1n) is 12.8. The number of halogens is 1. The van der Waals surface area contributed by atoms with E-state index in [2.05, 4.69) is 27.9 Å². The molecular weight excluding hydrogens is 607 g/mol. The van der Waals surface area contributed by atoms with Gasteiger partial charge in [0.1, 0.15) is 12.2 Å². The first kappa shape index (κ1) is 32.0. The number of allylic oxidation sites excluding steroid dienone is 1. The van der Waals surface area contributed by atoms with Crippen LogP contribution in [-0.4, -0.2) is 90.3 Å². The van der Waals surface area contributed by atoms with Gasteiger partial charge in [0, 0.05) is 38.3 Å². The third-order valence-corrected chi connectivity index (χ3v) is 6.81. The maximum Gasteiger partial charge on any atom is 0.247 e. The van der Waals surface area contributed by atoms with Gasteiger partial charge >= 0.3 is 0 Å². The van der Waals surface area contributed by atoms with Crippen LogP contribution in [0, 0.1) is 3.57 Å². The number of nitrogens with zero attached hydrogens (tertiary/aromatic N) is 1. The quantitative estimate of drug-likeness (QED) is 0.129. The minimum Gasteiger partial charge on any atom is -0.493 e. The van der Waals surface area contributed by atoms with Gasteiger partial charge in [0.05, 0.1) is 29.9 Å². The Bertz CT molecular complexity index is 984. The third-order valence-electron chi connectivity index (χ3n) is 6.01. The smallest absolute Gasteiger partial charge is 0.247 e. The molecule has 38 heavy (non-hydrogen) atoms. The molecule has 2 amide bonds. The van der Waals surface area contributed by atoms with Crippen molar-refractivity contribution in [3.05, 3.63) is 45.1 Å². The van der Waals surface area contributed by atoms with Gasteiger partial charge in [0.15, 0.2) is 11.5 Å². The highest BCUT2D eigenvalue weighted by atomic mass is 127. The van der Waals surface area contributed by atoms with Crippen molar-refractivity contribution in [3.63, 3.8) is 0 Å². The monoisotopic (exact) mass is 646 g/mol. The summed E-state index contributed by atoms with van der Waals surface area (Å²) in [6.07, 6.45) is 3.97. The van der Waals surface area contributed by atoms with Crippen LogP contribution in [0.1, 0.15) is 38.7 Å². The third kappa shape index (κ3) is 8.94. The SMILES string of the molecule is CCC=CC(=O)N(CCCOCC)[C@@H]1CC(C(=O)NCCO)=C[C@H](Oc2c(I)cc(CO)cc2OC)[C@H]1O. The molecule has 0 aromatic heterocycles. The standard InChI is InChI=1S/C27H39IN2O8/c1-4-6-8-24(33)30(10-7-12-37-5-2)21-15-19(27(35)29-9-11-31)16-22(25(21)34)38-26-20(28)13-18(17-32)14-23(26)36-3/h6,8,13-14,16,21-22,25,31-32,34H,4-5,7,9-12,15,17H2,1-3H3,(H,29,35)/t21-,22+,25+/m1/s1. The molecule has 0 unspecified atom stereocenters. The molecule has 1 aliphatic rings. The van der Waals surface area contributed by atoms with Gasteiger partial charge in [0.25, 0.3) is 0 Å². The van der Waals surface area contributed by atoms with Crippen LogP contribution in [0.15, 0.2) is 35.9 Å². The fraction of sp³-hybridized carbons (Fsp3) is 0.556. The highest BCUT2D eigenvalue weighted by molar-refractivity contribution is 14.1. The molecule has 0 heterocycles. The van der Waals surface area contributed by atoms with Crippen molar-refractivity contribution >= 4 is 34.4 Å². The lowest BCUT2D eigenvalue weighted by Gasteiger charge is -2.40. The van der Waals surface area contributed by atoms with E-state index in [-0.39, 0.29) is 32.1 Å². The fourth-order valence-electron chi connectivity index (χ4n) is 4.13. The van der Waals surface area contributed by atoms with Crippen molar-refractivity contribution in [1.82, 2.24) is 10.2 Å². The number of carbonyl (C=O) groups is 2. The Morgan fingerprint density at radius 1 is 1.26 bits per heavy atom. The molecule has 0 fully saturated rings. The number of carbonyl (C=O) groups excluding carboxylic acids is 2. The molecule has 3 atom stereocenters. The van der Waals surface area contributed by atoms with Gasteiger partial charge in [0.2, 0.25) is 11.8 Å². The first-order chi connectivity index (χ1) is 18.3. The Morgan fingerprint density at radius 3 is 2.66 bits per heavy atom. The Kier molecular flexibility index (Phi) is 14.1. The van der Waals surface area contributed by atoms with E-state index < -0.39 is 24.2 Å². The molecule has 0 aliphatic heterocycles. The number of nitrogens with one attached hydrogen (secondary N) is 1. The molecule has 10 nitrogen and oxygen atoms in total. The summed E-state index contributed by atoms with van der Waals surface area (Å²) < 4.78 is 17.8. The van der Waals surface area contributed by atoms with Crippen LogP contribution in [0.25, 0.3) is 0 Å². The molecule has 1 aliphatic carbocycles. The zero-order valence-corrected chi connectivity index (χ0v) is 24.3. The highest BCUT2D eigenvalue weighted by Gasteiger charge is 2.40. The summed E-state index contributed by atoms with van der Waals surface area (Å²) in [7, 11) is 1.47. The van der Waals surface area contributed by atoms with Crippen LogP contribution in [0.4, 0.5) is 0 Å². The minimum atomic E-state index is -1.16. The summed E-state index contributed by atoms with van der Waals surface area (Å²) in [5, 5.41) is 32.9. The van der Waals surface area contributed by atoms with Gasteiger partial charge in [-0.3, -0.25) is 9.59 Å². The Labute approximate surface area is 237 Å². The molecule has 11 heteroatoms. The number of aliphatic hydroxyl groups excluding tert-OH is 3. The van der Waals surface area contributed by atoms with Crippen LogP contribution < -0.4 is 14.8 Å². The average molecular weight is 647 g/mol. The van der Waals surface area contributed by atoms with Crippen molar-refractivity contribution in [2.24, 2.45) is 0 Å². The number of hydrogen-bond donors (Lipinski definition) is 4. The molecule has 212 valence electrons. The van der Waals surface area contributed by atoms with E-state index in [1.807, 2.05) is 13.8 Å². The number of hydrogen-bond acceptors (Lipinski definition) is 8. The second-order valence-corrected chi connectivity index (χ2v) is 9.84. The van der Waals surface area contributed by atoms with E-state index in [1.54, 1.807) is 29.2 Å². The predicted octanol–water partition coefficient (Wildman–Crippen LogP) is 1.93. The summed E-state index contributed by atoms with van der Waals surface area (Å²) in [6.45, 7) is 4.81. The van der Waals surface area contributed by atoms with Gasteiger partial charge < -0.3 is 39.7 Å². The normalized spacial score (nSPS) is 19.2. The molecular formula is C27H39IN2O8. The lowest BCUT2D eigenvalue weighted by Crippen LogP contribution is -2.55. The highest BCUT2D eigenvalue weighted by Crippen LogP contribution is 2.37. The minimum absolute atomic E-state index is 0.0689. The van der Waals surface area contributed by atoms with Gasteiger partial charge in [-0.15, -0.1) is 0 Å². The Balaban J connectivity index is 2.47. The largest absolute Gasteiger partial charge is 0.493 e. The van der Waals surface area contributed by atoms with Crippen LogP contribution in [-0.2, 0) is 20.9 Å².